The summed E-state index contributed by atoms with van der Waals surface area (Å²) in [7, 11) is 0. The zero-order chi connectivity index (χ0) is 13.1. The van der Waals surface area contributed by atoms with Gasteiger partial charge in [-0.2, -0.15) is 5.26 Å². The molecule has 0 aliphatic carbocycles. The van der Waals surface area contributed by atoms with E-state index in [1.807, 2.05) is 36.4 Å². The van der Waals surface area contributed by atoms with E-state index in [9.17, 15) is 4.55 Å². The number of aromatic nitrogens is 2. The molecular weight excluding hydrogens is 248 g/mol. The molecule has 0 saturated heterocycles. The van der Waals surface area contributed by atoms with Gasteiger partial charge in [-0.25, -0.2) is 4.68 Å². The fourth-order valence-corrected chi connectivity index (χ4v) is 2.54. The van der Waals surface area contributed by atoms with Crippen LogP contribution in [-0.2, 0) is 11.2 Å². The highest BCUT2D eigenvalue weighted by Crippen LogP contribution is 2.26. The maximum Gasteiger partial charge on any atom is 0.233 e. The molecule has 0 spiro atoms. The van der Waals surface area contributed by atoms with Crippen LogP contribution < -0.4 is 5.73 Å². The van der Waals surface area contributed by atoms with Crippen LogP contribution in [0.25, 0.3) is 5.69 Å². The summed E-state index contributed by atoms with van der Waals surface area (Å²) in [6.07, 6.45) is 0. The number of anilines is 1. The van der Waals surface area contributed by atoms with E-state index in [0.29, 0.717) is 10.6 Å². The largest absolute Gasteiger partial charge is 0.611 e. The maximum absolute atomic E-state index is 11.9. The molecule has 0 aliphatic heterocycles. The van der Waals surface area contributed by atoms with Gasteiger partial charge in [-0.1, -0.05) is 18.2 Å². The van der Waals surface area contributed by atoms with Crippen LogP contribution in [0.4, 0.5) is 5.82 Å². The molecule has 0 amide bonds. The Morgan fingerprint density at radius 3 is 2.67 bits per heavy atom. The minimum Gasteiger partial charge on any atom is -0.611 e. The first-order chi connectivity index (χ1) is 8.69. The molecule has 2 N–H and O–H groups in total. The number of nitrogens with two attached hydrogens (primary N) is 1. The van der Waals surface area contributed by atoms with Gasteiger partial charge in [-0.3, -0.25) is 0 Å². The second-order valence-electron chi connectivity index (χ2n) is 3.56. The Hall–Kier alpha value is -1.97. The lowest BCUT2D eigenvalue weighted by Crippen LogP contribution is -2.09. The Morgan fingerprint density at radius 1 is 1.44 bits per heavy atom. The van der Waals surface area contributed by atoms with Crippen LogP contribution >= 0.6 is 0 Å². The van der Waals surface area contributed by atoms with Crippen molar-refractivity contribution in [1.29, 1.82) is 5.26 Å². The number of rotatable bonds is 3. The molecule has 0 bridgehead atoms. The summed E-state index contributed by atoms with van der Waals surface area (Å²) in [5, 5.41) is 13.1. The number of nitrogen functional groups attached to an aromatic ring is 1. The first-order valence-electron chi connectivity index (χ1n) is 5.41. The number of nitriles is 1. The lowest BCUT2D eigenvalue weighted by atomic mass is 10.3. The average molecular weight is 260 g/mol. The molecule has 1 unspecified atom stereocenters. The van der Waals surface area contributed by atoms with E-state index >= 15 is 0 Å². The quantitative estimate of drug-likeness (QED) is 0.846. The Balaban J connectivity index is 2.59. The van der Waals surface area contributed by atoms with Gasteiger partial charge in [0.2, 0.25) is 10.6 Å². The Morgan fingerprint density at radius 2 is 2.11 bits per heavy atom. The highest BCUT2D eigenvalue weighted by atomic mass is 32.2. The Labute approximate surface area is 108 Å². The highest BCUT2D eigenvalue weighted by Gasteiger charge is 2.25. The van der Waals surface area contributed by atoms with Gasteiger partial charge in [0.05, 0.1) is 5.69 Å². The van der Waals surface area contributed by atoms with Gasteiger partial charge in [-0.05, 0) is 30.2 Å². The van der Waals surface area contributed by atoms with E-state index < -0.39 is 11.2 Å². The molecule has 1 atom stereocenters. The van der Waals surface area contributed by atoms with E-state index in [4.69, 9.17) is 11.0 Å². The molecule has 2 rings (SSSR count). The van der Waals surface area contributed by atoms with Crippen molar-refractivity contribution in [3.05, 3.63) is 36.0 Å². The molecule has 5 nitrogen and oxygen atoms in total. The van der Waals surface area contributed by atoms with Crippen molar-refractivity contribution in [3.63, 3.8) is 0 Å². The number of hydrogen-bond donors (Lipinski definition) is 1. The number of nitrogens with zero attached hydrogens (tertiary/aromatic N) is 3. The van der Waals surface area contributed by atoms with Gasteiger partial charge in [-0.15, -0.1) is 5.10 Å². The zero-order valence-electron chi connectivity index (χ0n) is 9.83. The standard InChI is InChI=1S/C12H12N4OS/c1-2-18(17)11-10(8-13)15-16(12(11)14)9-6-4-3-5-7-9/h3-7H,2,14H2,1H3. The van der Waals surface area contributed by atoms with E-state index in [2.05, 4.69) is 5.10 Å². The molecule has 1 aromatic heterocycles. The van der Waals surface area contributed by atoms with Crippen LogP contribution in [0.5, 0.6) is 0 Å². The van der Waals surface area contributed by atoms with Gasteiger partial charge in [0.1, 0.15) is 11.8 Å². The summed E-state index contributed by atoms with van der Waals surface area (Å²) < 4.78 is 13.3. The molecule has 18 heavy (non-hydrogen) atoms. The molecule has 0 fully saturated rings. The summed E-state index contributed by atoms with van der Waals surface area (Å²) in [5.74, 6) is 0.664. The fraction of sp³-hybridized carbons (Fsp3) is 0.167. The second-order valence-corrected chi connectivity index (χ2v) is 5.23. The van der Waals surface area contributed by atoms with E-state index in [0.717, 1.165) is 5.69 Å². The summed E-state index contributed by atoms with van der Waals surface area (Å²) in [6, 6.07) is 11.1. The first-order valence-corrected chi connectivity index (χ1v) is 6.73. The van der Waals surface area contributed by atoms with Crippen LogP contribution in [-0.4, -0.2) is 20.1 Å². The van der Waals surface area contributed by atoms with Gasteiger partial charge in [0, 0.05) is 0 Å². The van der Waals surface area contributed by atoms with Crippen molar-refractivity contribution in [2.45, 2.75) is 11.8 Å². The Kier molecular flexibility index (Phi) is 3.55. The van der Waals surface area contributed by atoms with Crippen molar-refractivity contribution in [1.82, 2.24) is 9.78 Å². The van der Waals surface area contributed by atoms with Crippen LogP contribution in [0.3, 0.4) is 0 Å². The Bertz CT molecular complexity index is 588. The fourth-order valence-electron chi connectivity index (χ4n) is 1.62. The normalized spacial score (nSPS) is 12.1. The molecule has 2 aromatic rings. The topological polar surface area (TPSA) is 90.7 Å². The van der Waals surface area contributed by atoms with Gasteiger partial charge >= 0.3 is 0 Å². The third-order valence-corrected chi connectivity index (χ3v) is 3.85. The van der Waals surface area contributed by atoms with Gasteiger partial charge in [0.15, 0.2) is 5.82 Å². The maximum atomic E-state index is 11.9. The minimum absolute atomic E-state index is 0.122. The molecule has 92 valence electrons. The van der Waals surface area contributed by atoms with Crippen LogP contribution in [0.2, 0.25) is 0 Å². The molecule has 6 heteroatoms. The van der Waals surface area contributed by atoms with Crippen molar-refractivity contribution in [2.24, 2.45) is 0 Å². The molecule has 0 aliphatic rings. The molecule has 1 aromatic carbocycles. The van der Waals surface area contributed by atoms with Crippen molar-refractivity contribution in [2.75, 3.05) is 11.5 Å². The summed E-state index contributed by atoms with van der Waals surface area (Å²) in [6.45, 7) is 1.77. The van der Waals surface area contributed by atoms with Crippen LogP contribution in [0, 0.1) is 11.3 Å². The van der Waals surface area contributed by atoms with Crippen molar-refractivity contribution in [3.8, 4) is 11.8 Å². The molecule has 1 heterocycles. The van der Waals surface area contributed by atoms with E-state index in [1.54, 1.807) is 6.92 Å². The lowest BCUT2D eigenvalue weighted by molar-refractivity contribution is 0.596. The monoisotopic (exact) mass is 260 g/mol. The van der Waals surface area contributed by atoms with Gasteiger partial charge in [0.25, 0.3) is 0 Å². The van der Waals surface area contributed by atoms with Crippen LogP contribution in [0.1, 0.15) is 12.6 Å². The zero-order valence-corrected chi connectivity index (χ0v) is 10.6. The number of para-hydroxylation sites is 1. The number of benzene rings is 1. The van der Waals surface area contributed by atoms with E-state index in [-0.39, 0.29) is 11.5 Å². The summed E-state index contributed by atoms with van der Waals surface area (Å²) in [5.41, 5.74) is 6.81. The molecule has 0 saturated carbocycles. The molecule has 0 radical (unpaired) electrons. The summed E-state index contributed by atoms with van der Waals surface area (Å²) >= 11 is -1.30. The third-order valence-electron chi connectivity index (χ3n) is 2.47. The van der Waals surface area contributed by atoms with Crippen molar-refractivity contribution >= 4 is 17.0 Å². The van der Waals surface area contributed by atoms with E-state index in [1.165, 1.54) is 4.68 Å². The third kappa shape index (κ3) is 2.06. The molecular formula is C12H12N4OS. The predicted octanol–water partition coefficient (Wildman–Crippen LogP) is 1.45. The smallest absolute Gasteiger partial charge is 0.233 e. The average Bonchev–Trinajstić information content (AvgIpc) is 2.76. The lowest BCUT2D eigenvalue weighted by Gasteiger charge is -2.07. The highest BCUT2D eigenvalue weighted by molar-refractivity contribution is 7.91. The summed E-state index contributed by atoms with van der Waals surface area (Å²) in [4.78, 5) is 0.323. The second kappa shape index (κ2) is 5.12. The number of hydrogen-bond acceptors (Lipinski definition) is 4. The first kappa shape index (κ1) is 12.5. The van der Waals surface area contributed by atoms with Crippen molar-refractivity contribution < 1.29 is 4.55 Å². The predicted molar refractivity (Wildman–Crippen MR) is 69.6 cm³/mol. The van der Waals surface area contributed by atoms with Crippen LogP contribution in [0.15, 0.2) is 35.2 Å². The van der Waals surface area contributed by atoms with Gasteiger partial charge < -0.3 is 10.3 Å². The SMILES string of the molecule is CC[S+]([O-])c1c(C#N)nn(-c2ccccc2)c1N. The minimum atomic E-state index is -1.30.